The average molecular weight is 312 g/mol. The van der Waals surface area contributed by atoms with E-state index in [9.17, 15) is 9.90 Å². The van der Waals surface area contributed by atoms with Gasteiger partial charge in [0.05, 0.1) is 0 Å². The SMILES string of the molecule is CCC1(CO)CCN(C(=O)NCC2CN(C)CCN2C)CC1. The van der Waals surface area contributed by atoms with E-state index in [1.807, 2.05) is 4.90 Å². The maximum absolute atomic E-state index is 12.3. The lowest BCUT2D eigenvalue weighted by Gasteiger charge is -2.41. The Hall–Kier alpha value is -0.850. The minimum absolute atomic E-state index is 0.0308. The molecule has 0 aromatic heterocycles. The van der Waals surface area contributed by atoms with Crippen LogP contribution in [0.2, 0.25) is 0 Å². The first kappa shape index (κ1) is 17.5. The fourth-order valence-corrected chi connectivity index (χ4v) is 3.45. The Morgan fingerprint density at radius 2 is 1.91 bits per heavy atom. The normalized spacial score (nSPS) is 26.9. The minimum Gasteiger partial charge on any atom is -0.396 e. The molecule has 0 spiro atoms. The van der Waals surface area contributed by atoms with Crippen molar-refractivity contribution in [3.8, 4) is 0 Å². The molecule has 0 aromatic carbocycles. The number of hydrogen-bond acceptors (Lipinski definition) is 4. The number of hydrogen-bond donors (Lipinski definition) is 2. The highest BCUT2D eigenvalue weighted by molar-refractivity contribution is 5.74. The molecule has 2 aliphatic heterocycles. The van der Waals surface area contributed by atoms with Gasteiger partial charge in [-0.15, -0.1) is 0 Å². The van der Waals surface area contributed by atoms with Crippen LogP contribution in [0, 0.1) is 5.41 Å². The Bertz CT molecular complexity index is 363. The van der Waals surface area contributed by atoms with Crippen molar-refractivity contribution < 1.29 is 9.90 Å². The van der Waals surface area contributed by atoms with Crippen molar-refractivity contribution in [2.24, 2.45) is 5.41 Å². The molecule has 0 radical (unpaired) electrons. The van der Waals surface area contributed by atoms with E-state index in [2.05, 4.69) is 36.1 Å². The van der Waals surface area contributed by atoms with Crippen molar-refractivity contribution in [1.29, 1.82) is 0 Å². The molecule has 22 heavy (non-hydrogen) atoms. The monoisotopic (exact) mass is 312 g/mol. The zero-order chi connectivity index (χ0) is 16.2. The topological polar surface area (TPSA) is 59.1 Å². The summed E-state index contributed by atoms with van der Waals surface area (Å²) in [5, 5.41) is 12.7. The van der Waals surface area contributed by atoms with Gasteiger partial charge in [-0.2, -0.15) is 0 Å². The zero-order valence-electron chi connectivity index (χ0n) is 14.3. The smallest absolute Gasteiger partial charge is 0.317 e. The first-order chi connectivity index (χ1) is 10.5. The van der Waals surface area contributed by atoms with Crippen molar-refractivity contribution in [1.82, 2.24) is 20.0 Å². The molecule has 2 saturated heterocycles. The number of piperidine rings is 1. The molecule has 2 aliphatic rings. The van der Waals surface area contributed by atoms with E-state index in [-0.39, 0.29) is 18.1 Å². The number of amides is 2. The predicted octanol–water partition coefficient (Wildman–Crippen LogP) is 0.426. The molecule has 0 saturated carbocycles. The molecule has 2 amide bonds. The van der Waals surface area contributed by atoms with Crippen molar-refractivity contribution >= 4 is 6.03 Å². The predicted molar refractivity (Wildman–Crippen MR) is 87.9 cm³/mol. The van der Waals surface area contributed by atoms with E-state index >= 15 is 0 Å². The van der Waals surface area contributed by atoms with Gasteiger partial charge in [0.15, 0.2) is 0 Å². The molecule has 2 rings (SSSR count). The molecule has 6 heteroatoms. The number of carbonyl (C=O) groups is 1. The van der Waals surface area contributed by atoms with E-state index in [0.717, 1.165) is 52.0 Å². The van der Waals surface area contributed by atoms with Gasteiger partial charge in [0.2, 0.25) is 0 Å². The number of nitrogens with one attached hydrogen (secondary N) is 1. The molecule has 1 atom stereocenters. The first-order valence-corrected chi connectivity index (χ1v) is 8.52. The second kappa shape index (κ2) is 7.62. The number of urea groups is 1. The minimum atomic E-state index is 0.0308. The number of rotatable bonds is 4. The van der Waals surface area contributed by atoms with E-state index in [4.69, 9.17) is 0 Å². The highest BCUT2D eigenvalue weighted by atomic mass is 16.3. The Balaban J connectivity index is 1.76. The molecular formula is C16H32N4O2. The van der Waals surface area contributed by atoms with Gasteiger partial charge in [0.1, 0.15) is 0 Å². The maximum Gasteiger partial charge on any atom is 0.317 e. The summed E-state index contributed by atoms with van der Waals surface area (Å²) in [5.41, 5.74) is 0.0308. The van der Waals surface area contributed by atoms with Gasteiger partial charge in [-0.25, -0.2) is 4.79 Å². The summed E-state index contributed by atoms with van der Waals surface area (Å²) >= 11 is 0. The number of likely N-dealkylation sites (tertiary alicyclic amines) is 1. The number of likely N-dealkylation sites (N-methyl/N-ethyl adjacent to an activating group) is 2. The van der Waals surface area contributed by atoms with Crippen molar-refractivity contribution in [3.63, 3.8) is 0 Å². The Morgan fingerprint density at radius 3 is 2.50 bits per heavy atom. The lowest BCUT2D eigenvalue weighted by atomic mass is 9.77. The molecular weight excluding hydrogens is 280 g/mol. The molecule has 6 nitrogen and oxygen atoms in total. The lowest BCUT2D eigenvalue weighted by molar-refractivity contribution is 0.0510. The third kappa shape index (κ3) is 4.12. The number of nitrogens with zero attached hydrogens (tertiary/aromatic N) is 3. The highest BCUT2D eigenvalue weighted by Gasteiger charge is 2.34. The van der Waals surface area contributed by atoms with E-state index in [1.165, 1.54) is 0 Å². The van der Waals surface area contributed by atoms with Crippen LogP contribution in [-0.4, -0.2) is 91.8 Å². The van der Waals surface area contributed by atoms with Gasteiger partial charge in [-0.1, -0.05) is 6.92 Å². The molecule has 0 aromatic rings. The van der Waals surface area contributed by atoms with Gasteiger partial charge in [-0.05, 0) is 38.8 Å². The van der Waals surface area contributed by atoms with Crippen LogP contribution < -0.4 is 5.32 Å². The average Bonchev–Trinajstić information content (AvgIpc) is 2.55. The van der Waals surface area contributed by atoms with Gasteiger partial charge in [0.25, 0.3) is 0 Å². The Morgan fingerprint density at radius 1 is 1.23 bits per heavy atom. The van der Waals surface area contributed by atoms with Crippen LogP contribution in [0.3, 0.4) is 0 Å². The molecule has 2 fully saturated rings. The number of carbonyl (C=O) groups excluding carboxylic acids is 1. The second-order valence-corrected chi connectivity index (χ2v) is 7.08. The van der Waals surface area contributed by atoms with Gasteiger partial charge < -0.3 is 20.2 Å². The summed E-state index contributed by atoms with van der Waals surface area (Å²) in [7, 11) is 4.26. The lowest BCUT2D eigenvalue weighted by Crippen LogP contribution is -2.56. The van der Waals surface area contributed by atoms with E-state index in [0.29, 0.717) is 12.6 Å². The van der Waals surface area contributed by atoms with Gasteiger partial charge >= 0.3 is 6.03 Å². The fraction of sp³-hybridized carbons (Fsp3) is 0.938. The van der Waals surface area contributed by atoms with Crippen molar-refractivity contribution in [3.05, 3.63) is 0 Å². The Kier molecular flexibility index (Phi) is 6.06. The summed E-state index contributed by atoms with van der Waals surface area (Å²) in [6, 6.07) is 0.434. The highest BCUT2D eigenvalue weighted by Crippen LogP contribution is 2.34. The van der Waals surface area contributed by atoms with Crippen LogP contribution in [-0.2, 0) is 0 Å². The van der Waals surface area contributed by atoms with Gasteiger partial charge in [-0.3, -0.25) is 4.90 Å². The molecule has 2 heterocycles. The summed E-state index contributed by atoms with van der Waals surface area (Å²) in [5.74, 6) is 0. The zero-order valence-corrected chi connectivity index (χ0v) is 14.3. The maximum atomic E-state index is 12.3. The molecule has 128 valence electrons. The Labute approximate surface area is 134 Å². The third-order valence-corrected chi connectivity index (χ3v) is 5.67. The van der Waals surface area contributed by atoms with Crippen LogP contribution in [0.4, 0.5) is 4.79 Å². The first-order valence-electron chi connectivity index (χ1n) is 8.52. The van der Waals surface area contributed by atoms with Crippen molar-refractivity contribution in [2.45, 2.75) is 32.2 Å². The fourth-order valence-electron chi connectivity index (χ4n) is 3.45. The van der Waals surface area contributed by atoms with Crippen LogP contribution >= 0.6 is 0 Å². The standard InChI is InChI=1S/C16H32N4O2/c1-4-16(13-21)5-7-20(8-6-16)15(22)17-11-14-12-18(2)9-10-19(14)3/h14,21H,4-13H2,1-3H3,(H,17,22). The molecule has 2 N–H and O–H groups in total. The largest absolute Gasteiger partial charge is 0.396 e. The number of piperazine rings is 1. The van der Waals surface area contributed by atoms with E-state index < -0.39 is 0 Å². The van der Waals surface area contributed by atoms with Crippen LogP contribution in [0.1, 0.15) is 26.2 Å². The summed E-state index contributed by atoms with van der Waals surface area (Å²) in [4.78, 5) is 18.9. The van der Waals surface area contributed by atoms with Gasteiger partial charge in [0, 0.05) is 51.9 Å². The summed E-state index contributed by atoms with van der Waals surface area (Å²) < 4.78 is 0. The number of aliphatic hydroxyl groups is 1. The second-order valence-electron chi connectivity index (χ2n) is 7.08. The quantitative estimate of drug-likeness (QED) is 0.790. The van der Waals surface area contributed by atoms with E-state index in [1.54, 1.807) is 0 Å². The number of aliphatic hydroxyl groups excluding tert-OH is 1. The van der Waals surface area contributed by atoms with Crippen LogP contribution in [0.25, 0.3) is 0 Å². The molecule has 1 unspecified atom stereocenters. The summed E-state index contributed by atoms with van der Waals surface area (Å²) in [6.07, 6.45) is 2.79. The molecule has 0 aliphatic carbocycles. The van der Waals surface area contributed by atoms with Crippen LogP contribution in [0.5, 0.6) is 0 Å². The third-order valence-electron chi connectivity index (χ3n) is 5.67. The van der Waals surface area contributed by atoms with Crippen molar-refractivity contribution in [2.75, 3.05) is 60.0 Å². The molecule has 0 bridgehead atoms. The van der Waals surface area contributed by atoms with Crippen LogP contribution in [0.15, 0.2) is 0 Å². The summed E-state index contributed by atoms with van der Waals surface area (Å²) in [6.45, 7) is 7.71.